The highest BCUT2D eigenvalue weighted by atomic mass is 127. The van der Waals surface area contributed by atoms with E-state index in [-0.39, 0.29) is 6.04 Å². The monoisotopic (exact) mass is 295 g/mol. The molecule has 3 heteroatoms. The fraction of sp³-hybridized carbons (Fsp3) is 0.333. The third-order valence-electron chi connectivity index (χ3n) is 1.80. The Morgan fingerprint density at radius 3 is 2.75 bits per heavy atom. The molecule has 1 aromatic carbocycles. The van der Waals surface area contributed by atoms with E-state index in [1.807, 2.05) is 18.2 Å². The Bertz CT molecular complexity index is 275. The first-order chi connectivity index (χ1) is 5.65. The van der Waals surface area contributed by atoms with Gasteiger partial charge in [0.25, 0.3) is 0 Å². The summed E-state index contributed by atoms with van der Waals surface area (Å²) < 4.78 is 1.14. The maximum absolute atomic E-state index is 6.02. The molecule has 0 amide bonds. The molecule has 2 N–H and O–H groups in total. The molecular formula is C9H11ClIN. The molecule has 1 rings (SSSR count). The first-order valence-electron chi connectivity index (χ1n) is 3.85. The van der Waals surface area contributed by atoms with Crippen molar-refractivity contribution in [1.82, 2.24) is 0 Å². The molecule has 0 aliphatic rings. The molecule has 0 heterocycles. The van der Waals surface area contributed by atoms with Crippen LogP contribution in [0.3, 0.4) is 0 Å². The molecule has 1 nitrogen and oxygen atoms in total. The Balaban J connectivity index is 3.01. The van der Waals surface area contributed by atoms with Crippen molar-refractivity contribution in [3.05, 3.63) is 32.4 Å². The Morgan fingerprint density at radius 1 is 1.58 bits per heavy atom. The number of benzene rings is 1. The van der Waals surface area contributed by atoms with Gasteiger partial charge in [0.05, 0.1) is 0 Å². The maximum Gasteiger partial charge on any atom is 0.0464 e. The van der Waals surface area contributed by atoms with Crippen molar-refractivity contribution in [1.29, 1.82) is 0 Å². The summed E-state index contributed by atoms with van der Waals surface area (Å²) in [5.41, 5.74) is 6.90. The minimum absolute atomic E-state index is 0.0644. The summed E-state index contributed by atoms with van der Waals surface area (Å²) in [6.07, 6.45) is 0.917. The summed E-state index contributed by atoms with van der Waals surface area (Å²) in [6.45, 7) is 2.05. The topological polar surface area (TPSA) is 26.0 Å². The highest BCUT2D eigenvalue weighted by Gasteiger charge is 2.07. The Hall–Kier alpha value is 0.200. The van der Waals surface area contributed by atoms with Crippen LogP contribution in [-0.4, -0.2) is 0 Å². The van der Waals surface area contributed by atoms with E-state index in [0.717, 1.165) is 20.6 Å². The second-order valence-corrected chi connectivity index (χ2v) is 4.33. The molecule has 66 valence electrons. The molecule has 0 aliphatic heterocycles. The van der Waals surface area contributed by atoms with E-state index in [4.69, 9.17) is 17.3 Å². The minimum Gasteiger partial charge on any atom is -0.324 e. The van der Waals surface area contributed by atoms with Gasteiger partial charge < -0.3 is 5.73 Å². The molecule has 0 aromatic heterocycles. The van der Waals surface area contributed by atoms with Crippen LogP contribution in [0.1, 0.15) is 24.9 Å². The molecule has 0 saturated carbocycles. The van der Waals surface area contributed by atoms with Crippen molar-refractivity contribution in [2.24, 2.45) is 5.73 Å². The van der Waals surface area contributed by atoms with E-state index < -0.39 is 0 Å². The number of hydrogen-bond donors (Lipinski definition) is 1. The third kappa shape index (κ3) is 2.34. The second-order valence-electron chi connectivity index (χ2n) is 2.68. The van der Waals surface area contributed by atoms with Gasteiger partial charge in [0.1, 0.15) is 0 Å². The molecule has 12 heavy (non-hydrogen) atoms. The number of hydrogen-bond acceptors (Lipinski definition) is 1. The summed E-state index contributed by atoms with van der Waals surface area (Å²) in [7, 11) is 0. The molecular weight excluding hydrogens is 284 g/mol. The van der Waals surface area contributed by atoms with Crippen LogP contribution in [0, 0.1) is 3.57 Å². The summed E-state index contributed by atoms with van der Waals surface area (Å²) in [4.78, 5) is 0. The van der Waals surface area contributed by atoms with Gasteiger partial charge in [0.15, 0.2) is 0 Å². The van der Waals surface area contributed by atoms with Crippen molar-refractivity contribution in [2.75, 3.05) is 0 Å². The van der Waals surface area contributed by atoms with Crippen molar-refractivity contribution in [2.45, 2.75) is 19.4 Å². The molecule has 1 atom stereocenters. The first-order valence-corrected chi connectivity index (χ1v) is 5.31. The smallest absolute Gasteiger partial charge is 0.0464 e. The van der Waals surface area contributed by atoms with Crippen LogP contribution in [0.15, 0.2) is 18.2 Å². The molecule has 0 bridgehead atoms. The number of halogens is 2. The van der Waals surface area contributed by atoms with Gasteiger partial charge >= 0.3 is 0 Å². The van der Waals surface area contributed by atoms with Crippen LogP contribution in [-0.2, 0) is 0 Å². The lowest BCUT2D eigenvalue weighted by Gasteiger charge is -2.10. The Kier molecular flexibility index (Phi) is 3.80. The van der Waals surface area contributed by atoms with Crippen LogP contribution in [0.25, 0.3) is 0 Å². The highest BCUT2D eigenvalue weighted by Crippen LogP contribution is 2.24. The predicted molar refractivity (Wildman–Crippen MR) is 61.4 cm³/mol. The van der Waals surface area contributed by atoms with Gasteiger partial charge in [0.2, 0.25) is 0 Å². The average Bonchev–Trinajstić information content (AvgIpc) is 2.03. The zero-order valence-corrected chi connectivity index (χ0v) is 9.76. The largest absolute Gasteiger partial charge is 0.324 e. The van der Waals surface area contributed by atoms with Crippen molar-refractivity contribution in [3.63, 3.8) is 0 Å². The third-order valence-corrected chi connectivity index (χ3v) is 2.80. The Morgan fingerprint density at radius 2 is 2.25 bits per heavy atom. The quantitative estimate of drug-likeness (QED) is 0.832. The summed E-state index contributed by atoms with van der Waals surface area (Å²) in [5.74, 6) is 0. The van der Waals surface area contributed by atoms with E-state index in [1.165, 1.54) is 0 Å². The van der Waals surface area contributed by atoms with Gasteiger partial charge in [-0.05, 0) is 46.7 Å². The molecule has 0 aliphatic carbocycles. The van der Waals surface area contributed by atoms with E-state index in [1.54, 1.807) is 0 Å². The lowest BCUT2D eigenvalue weighted by Crippen LogP contribution is -2.09. The minimum atomic E-state index is 0.0644. The van der Waals surface area contributed by atoms with Crippen molar-refractivity contribution < 1.29 is 0 Å². The SMILES string of the molecule is CCC(N)c1ccc(I)cc1Cl. The fourth-order valence-electron chi connectivity index (χ4n) is 1.02. The molecule has 0 radical (unpaired) electrons. The fourth-order valence-corrected chi connectivity index (χ4v) is 2.02. The normalized spacial score (nSPS) is 13.0. The van der Waals surface area contributed by atoms with Crippen molar-refractivity contribution >= 4 is 34.2 Å². The van der Waals surface area contributed by atoms with E-state index in [0.29, 0.717) is 0 Å². The van der Waals surface area contributed by atoms with Crippen LogP contribution in [0.2, 0.25) is 5.02 Å². The van der Waals surface area contributed by atoms with Gasteiger partial charge in [0, 0.05) is 14.6 Å². The predicted octanol–water partition coefficient (Wildman–Crippen LogP) is 3.35. The Labute approximate surface area is 91.4 Å². The van der Waals surface area contributed by atoms with Gasteiger partial charge in [-0.1, -0.05) is 24.6 Å². The average molecular weight is 296 g/mol. The molecule has 0 saturated heterocycles. The zero-order chi connectivity index (χ0) is 9.14. The van der Waals surface area contributed by atoms with E-state index in [2.05, 4.69) is 29.5 Å². The van der Waals surface area contributed by atoms with E-state index >= 15 is 0 Å². The van der Waals surface area contributed by atoms with E-state index in [9.17, 15) is 0 Å². The molecule has 1 aromatic rings. The highest BCUT2D eigenvalue weighted by molar-refractivity contribution is 14.1. The van der Waals surface area contributed by atoms with Crippen molar-refractivity contribution in [3.8, 4) is 0 Å². The van der Waals surface area contributed by atoms with Gasteiger partial charge in [-0.2, -0.15) is 0 Å². The van der Waals surface area contributed by atoms with Gasteiger partial charge in [-0.15, -0.1) is 0 Å². The maximum atomic E-state index is 6.02. The number of nitrogens with two attached hydrogens (primary N) is 1. The lowest BCUT2D eigenvalue weighted by molar-refractivity contribution is 0.699. The summed E-state index contributed by atoms with van der Waals surface area (Å²) >= 11 is 8.25. The lowest BCUT2D eigenvalue weighted by atomic mass is 10.1. The molecule has 0 fully saturated rings. The summed E-state index contributed by atoms with van der Waals surface area (Å²) in [5, 5.41) is 0.774. The van der Waals surface area contributed by atoms with Crippen LogP contribution in [0.4, 0.5) is 0 Å². The van der Waals surface area contributed by atoms with Crippen LogP contribution >= 0.6 is 34.2 Å². The first kappa shape index (κ1) is 10.3. The van der Waals surface area contributed by atoms with Gasteiger partial charge in [-0.25, -0.2) is 0 Å². The summed E-state index contributed by atoms with van der Waals surface area (Å²) in [6, 6.07) is 6.03. The molecule has 1 unspecified atom stereocenters. The standard InChI is InChI=1S/C9H11ClIN/c1-2-9(12)7-4-3-6(11)5-8(7)10/h3-5,9H,2,12H2,1H3. The number of rotatable bonds is 2. The van der Waals surface area contributed by atoms with Gasteiger partial charge in [-0.3, -0.25) is 0 Å². The second kappa shape index (κ2) is 4.44. The van der Waals surface area contributed by atoms with Crippen LogP contribution in [0.5, 0.6) is 0 Å². The molecule has 0 spiro atoms. The zero-order valence-electron chi connectivity index (χ0n) is 6.85. The van der Waals surface area contributed by atoms with Crippen LogP contribution < -0.4 is 5.73 Å².